The van der Waals surface area contributed by atoms with Crippen molar-refractivity contribution in [3.8, 4) is 0 Å². The molecule has 0 amide bonds. The average molecular weight is 297 g/mol. The van der Waals surface area contributed by atoms with E-state index < -0.39 is 0 Å². The van der Waals surface area contributed by atoms with Crippen LogP contribution in [0.25, 0.3) is 0 Å². The van der Waals surface area contributed by atoms with Gasteiger partial charge in [-0.3, -0.25) is 0 Å². The lowest BCUT2D eigenvalue weighted by molar-refractivity contribution is 0.252. The normalized spacial score (nSPS) is 11.7. The molecular weight excluding hydrogens is 268 g/mol. The highest BCUT2D eigenvalue weighted by Crippen LogP contribution is 2.20. The van der Waals surface area contributed by atoms with Gasteiger partial charge in [0.2, 0.25) is 0 Å². The molecule has 2 N–H and O–H groups in total. The van der Waals surface area contributed by atoms with Crippen LogP contribution in [0.3, 0.4) is 0 Å². The second-order valence-corrected chi connectivity index (χ2v) is 7.11. The van der Waals surface area contributed by atoms with Crippen molar-refractivity contribution < 1.29 is 10.2 Å². The minimum atomic E-state index is 0.284. The van der Waals surface area contributed by atoms with Gasteiger partial charge in [0.25, 0.3) is 0 Å². The average Bonchev–Trinajstić information content (AvgIpc) is 2.37. The van der Waals surface area contributed by atoms with E-state index in [-0.39, 0.29) is 13.2 Å². The lowest BCUT2D eigenvalue weighted by Crippen LogP contribution is -2.23. The Morgan fingerprint density at radius 3 is 1.44 bits per heavy atom. The number of aliphatic hydroxyl groups is 2. The van der Waals surface area contributed by atoms with Crippen LogP contribution < -0.4 is 0 Å². The lowest BCUT2D eigenvalue weighted by Gasteiger charge is -2.16. The van der Waals surface area contributed by atoms with Crippen LogP contribution in [-0.2, 0) is 0 Å². The molecular formula is C12H28N2O2S2. The van der Waals surface area contributed by atoms with E-state index in [2.05, 4.69) is 23.9 Å². The minimum Gasteiger partial charge on any atom is -0.396 e. The molecule has 0 fully saturated rings. The van der Waals surface area contributed by atoms with Crippen LogP contribution in [-0.4, -0.2) is 85.0 Å². The van der Waals surface area contributed by atoms with Gasteiger partial charge in [-0.2, -0.15) is 0 Å². The zero-order chi connectivity index (χ0) is 13.6. The zero-order valence-corrected chi connectivity index (χ0v) is 13.3. The van der Waals surface area contributed by atoms with Crippen LogP contribution in [0.4, 0.5) is 0 Å². The van der Waals surface area contributed by atoms with E-state index in [1.54, 1.807) is 0 Å². The molecule has 0 saturated heterocycles. The molecule has 0 aliphatic heterocycles. The molecule has 0 aromatic rings. The maximum absolute atomic E-state index is 8.71. The van der Waals surface area contributed by atoms with Crippen LogP contribution in [0, 0.1) is 0 Å². The summed E-state index contributed by atoms with van der Waals surface area (Å²) in [5.74, 6) is 2.26. The SMILES string of the molecule is CN(CCCO)CCSSCCN(C)CCCO. The Hall–Kier alpha value is 0.540. The second kappa shape index (κ2) is 14.0. The number of hydrogen-bond donors (Lipinski definition) is 2. The molecule has 0 aromatic carbocycles. The highest BCUT2D eigenvalue weighted by atomic mass is 33.1. The predicted octanol–water partition coefficient (Wildman–Crippen LogP) is 0.996. The van der Waals surface area contributed by atoms with Crippen molar-refractivity contribution in [2.75, 3.05) is 65.0 Å². The van der Waals surface area contributed by atoms with Gasteiger partial charge in [0, 0.05) is 50.9 Å². The first kappa shape index (κ1) is 18.5. The predicted molar refractivity (Wildman–Crippen MR) is 83.3 cm³/mol. The summed E-state index contributed by atoms with van der Waals surface area (Å²) in [6.07, 6.45) is 1.73. The van der Waals surface area contributed by atoms with Gasteiger partial charge in [0.1, 0.15) is 0 Å². The smallest absolute Gasteiger partial charge is 0.0443 e. The third-order valence-corrected chi connectivity index (χ3v) is 4.96. The molecule has 110 valence electrons. The van der Waals surface area contributed by atoms with Crippen molar-refractivity contribution in [2.45, 2.75) is 12.8 Å². The lowest BCUT2D eigenvalue weighted by atomic mass is 10.4. The Balaban J connectivity index is 3.19. The second-order valence-electron chi connectivity index (χ2n) is 4.40. The summed E-state index contributed by atoms with van der Waals surface area (Å²) in [5, 5.41) is 17.4. The fraction of sp³-hybridized carbons (Fsp3) is 1.00. The van der Waals surface area contributed by atoms with Crippen LogP contribution in [0.15, 0.2) is 0 Å². The van der Waals surface area contributed by atoms with Crippen molar-refractivity contribution in [3.05, 3.63) is 0 Å². The minimum absolute atomic E-state index is 0.284. The molecule has 0 radical (unpaired) electrons. The molecule has 0 unspecified atom stereocenters. The van der Waals surface area contributed by atoms with Gasteiger partial charge in [0.05, 0.1) is 0 Å². The molecule has 4 nitrogen and oxygen atoms in total. The first-order valence-corrected chi connectivity index (χ1v) is 9.02. The number of rotatable bonds is 13. The first-order chi connectivity index (χ1) is 8.70. The largest absolute Gasteiger partial charge is 0.396 e. The molecule has 0 bridgehead atoms. The Morgan fingerprint density at radius 2 is 1.11 bits per heavy atom. The Kier molecular flexibility index (Phi) is 14.4. The topological polar surface area (TPSA) is 46.9 Å². The number of nitrogens with zero attached hydrogens (tertiary/aromatic N) is 2. The van der Waals surface area contributed by atoms with Gasteiger partial charge >= 0.3 is 0 Å². The summed E-state index contributed by atoms with van der Waals surface area (Å²) in [6.45, 7) is 4.69. The third kappa shape index (κ3) is 13.0. The van der Waals surface area contributed by atoms with E-state index in [4.69, 9.17) is 10.2 Å². The first-order valence-electron chi connectivity index (χ1n) is 6.54. The fourth-order valence-electron chi connectivity index (χ4n) is 1.41. The molecule has 0 saturated carbocycles. The molecule has 0 aliphatic rings. The van der Waals surface area contributed by atoms with E-state index in [0.717, 1.165) is 50.5 Å². The molecule has 0 rings (SSSR count). The van der Waals surface area contributed by atoms with Gasteiger partial charge in [-0.15, -0.1) is 0 Å². The quantitative estimate of drug-likeness (QED) is 0.390. The van der Waals surface area contributed by atoms with Gasteiger partial charge in [0.15, 0.2) is 0 Å². The van der Waals surface area contributed by atoms with Crippen LogP contribution in [0.1, 0.15) is 12.8 Å². The van der Waals surface area contributed by atoms with Crippen LogP contribution in [0.2, 0.25) is 0 Å². The molecule has 0 spiro atoms. The van der Waals surface area contributed by atoms with Crippen molar-refractivity contribution in [3.63, 3.8) is 0 Å². The van der Waals surface area contributed by atoms with E-state index in [1.807, 2.05) is 21.6 Å². The summed E-state index contributed by atoms with van der Waals surface area (Å²) in [7, 11) is 8.04. The fourth-order valence-corrected chi connectivity index (χ4v) is 3.57. The summed E-state index contributed by atoms with van der Waals surface area (Å²) in [4.78, 5) is 4.52. The standard InChI is InChI=1S/C12H28N2O2S2/c1-13(5-3-9-15)7-11-17-18-12-8-14(2)6-4-10-16/h15-16H,3-12H2,1-2H3. The molecule has 0 aliphatic carbocycles. The summed E-state index contributed by atoms with van der Waals surface area (Å²) in [6, 6.07) is 0. The zero-order valence-electron chi connectivity index (χ0n) is 11.7. The number of hydrogen-bond acceptors (Lipinski definition) is 6. The van der Waals surface area contributed by atoms with Crippen molar-refractivity contribution in [1.29, 1.82) is 0 Å². The highest BCUT2D eigenvalue weighted by Gasteiger charge is 2.00. The Labute approximate surface area is 120 Å². The highest BCUT2D eigenvalue weighted by molar-refractivity contribution is 8.76. The van der Waals surface area contributed by atoms with Crippen molar-refractivity contribution in [1.82, 2.24) is 9.80 Å². The van der Waals surface area contributed by atoms with E-state index in [9.17, 15) is 0 Å². The van der Waals surface area contributed by atoms with Crippen LogP contribution >= 0.6 is 21.6 Å². The molecule has 0 aromatic heterocycles. The molecule has 6 heteroatoms. The molecule has 0 heterocycles. The Morgan fingerprint density at radius 1 is 0.722 bits per heavy atom. The molecule has 18 heavy (non-hydrogen) atoms. The monoisotopic (exact) mass is 296 g/mol. The van der Waals surface area contributed by atoms with Gasteiger partial charge in [-0.25, -0.2) is 0 Å². The van der Waals surface area contributed by atoms with E-state index >= 15 is 0 Å². The maximum Gasteiger partial charge on any atom is 0.0443 e. The van der Waals surface area contributed by atoms with Crippen molar-refractivity contribution >= 4 is 21.6 Å². The van der Waals surface area contributed by atoms with Crippen molar-refractivity contribution in [2.24, 2.45) is 0 Å². The maximum atomic E-state index is 8.71. The summed E-state index contributed by atoms with van der Waals surface area (Å²) < 4.78 is 0. The molecule has 0 atom stereocenters. The summed E-state index contributed by atoms with van der Waals surface area (Å²) in [5.41, 5.74) is 0. The Bertz CT molecular complexity index is 158. The number of aliphatic hydroxyl groups excluding tert-OH is 2. The van der Waals surface area contributed by atoms with E-state index in [0.29, 0.717) is 0 Å². The van der Waals surface area contributed by atoms with Crippen LogP contribution in [0.5, 0.6) is 0 Å². The van der Waals surface area contributed by atoms with Gasteiger partial charge in [-0.05, 0) is 26.9 Å². The van der Waals surface area contributed by atoms with Gasteiger partial charge < -0.3 is 20.0 Å². The summed E-state index contributed by atoms with van der Waals surface area (Å²) >= 11 is 0. The van der Waals surface area contributed by atoms with Gasteiger partial charge in [-0.1, -0.05) is 21.6 Å². The third-order valence-electron chi connectivity index (χ3n) is 2.59. The van der Waals surface area contributed by atoms with E-state index in [1.165, 1.54) is 0 Å².